The van der Waals surface area contributed by atoms with Crippen molar-refractivity contribution in [3.05, 3.63) is 62.3 Å². The molecule has 4 aromatic rings. The largest absolute Gasteiger partial charge is 0.477 e. The quantitative estimate of drug-likeness (QED) is 0.393. The van der Waals surface area contributed by atoms with Crippen molar-refractivity contribution in [2.45, 2.75) is 0 Å². The Morgan fingerprint density at radius 3 is 2.38 bits per heavy atom. The Morgan fingerprint density at radius 1 is 0.885 bits per heavy atom. The molecule has 0 atom stereocenters. The lowest BCUT2D eigenvalue weighted by Gasteiger charge is -1.98. The number of carboxylic acid groups (broad SMARTS) is 1. The summed E-state index contributed by atoms with van der Waals surface area (Å²) < 4.78 is 5.46. The molecule has 8 heteroatoms. The summed E-state index contributed by atoms with van der Waals surface area (Å²) in [5.41, 5.74) is 1.10. The molecule has 4 heterocycles. The maximum absolute atomic E-state index is 12.4. The predicted octanol–water partition coefficient (Wildman–Crippen LogP) is 6.18. The molecule has 0 aromatic carbocycles. The fourth-order valence-electron chi connectivity index (χ4n) is 2.25. The van der Waals surface area contributed by atoms with Crippen LogP contribution in [0.15, 0.2) is 52.5 Å². The Hall–Kier alpha value is -2.26. The summed E-state index contributed by atoms with van der Waals surface area (Å²) in [7, 11) is 0. The molecule has 0 aliphatic rings. The zero-order valence-electron chi connectivity index (χ0n) is 13.0. The number of hydrogen-bond donors (Lipinski definition) is 1. The topological polar surface area (TPSA) is 63.6 Å². The van der Waals surface area contributed by atoms with Gasteiger partial charge in [0.15, 0.2) is 0 Å². The van der Waals surface area contributed by atoms with Crippen molar-refractivity contribution in [2.24, 2.45) is 0 Å². The van der Waals surface area contributed by atoms with E-state index in [2.05, 4.69) is 0 Å². The maximum Gasteiger partial charge on any atom is 0.353 e. The molecular weight excluding hydrogens is 408 g/mol. The molecule has 0 radical (unpaired) electrons. The van der Waals surface area contributed by atoms with E-state index in [0.29, 0.717) is 10.6 Å². The zero-order valence-corrected chi connectivity index (χ0v) is 16.3. The highest BCUT2D eigenvalue weighted by Gasteiger charge is 2.15. The summed E-state index contributed by atoms with van der Waals surface area (Å²) in [5, 5.41) is 14.8. The van der Waals surface area contributed by atoms with Crippen LogP contribution in [0.25, 0.3) is 20.2 Å². The Kier molecular flexibility index (Phi) is 4.73. The van der Waals surface area contributed by atoms with Crippen LogP contribution in [0.2, 0.25) is 0 Å². The van der Waals surface area contributed by atoms with Gasteiger partial charge >= 0.3 is 11.9 Å². The molecule has 26 heavy (non-hydrogen) atoms. The van der Waals surface area contributed by atoms with Crippen LogP contribution in [0, 0.1) is 0 Å². The third kappa shape index (κ3) is 3.49. The molecule has 4 aromatic heterocycles. The van der Waals surface area contributed by atoms with Gasteiger partial charge in [0.05, 0.1) is 0 Å². The van der Waals surface area contributed by atoms with Gasteiger partial charge in [0.2, 0.25) is 0 Å². The highest BCUT2D eigenvalue weighted by atomic mass is 32.1. The van der Waals surface area contributed by atoms with Gasteiger partial charge in [-0.05, 0) is 41.1 Å². The molecule has 0 unspecified atom stereocenters. The second kappa shape index (κ2) is 7.16. The first kappa shape index (κ1) is 17.2. The van der Waals surface area contributed by atoms with Gasteiger partial charge in [-0.25, -0.2) is 9.59 Å². The smallest absolute Gasteiger partial charge is 0.353 e. The second-order valence-corrected chi connectivity index (χ2v) is 9.04. The standard InChI is InChI=1S/C18H10O4S4/c19-17(20)14-3-2-13(26-14)16-7-11(9-24-16)22-18(21)15-4-1-12(25-15)10-5-6-23-8-10/h1-9H,(H,19,20). The van der Waals surface area contributed by atoms with Crippen LogP contribution in [-0.4, -0.2) is 17.0 Å². The van der Waals surface area contributed by atoms with Gasteiger partial charge in [0.1, 0.15) is 15.5 Å². The number of carbonyl (C=O) groups excluding carboxylic acids is 1. The molecule has 0 aliphatic heterocycles. The minimum atomic E-state index is -0.941. The van der Waals surface area contributed by atoms with E-state index in [0.717, 1.165) is 20.2 Å². The van der Waals surface area contributed by atoms with Gasteiger partial charge < -0.3 is 9.84 Å². The molecule has 130 valence electrons. The van der Waals surface area contributed by atoms with E-state index in [1.54, 1.807) is 41.0 Å². The lowest BCUT2D eigenvalue weighted by molar-refractivity contribution is 0.0699. The van der Waals surface area contributed by atoms with E-state index in [-0.39, 0.29) is 4.88 Å². The number of hydrogen-bond acceptors (Lipinski definition) is 7. The Morgan fingerprint density at radius 2 is 1.65 bits per heavy atom. The molecule has 0 spiro atoms. The summed E-state index contributed by atoms with van der Waals surface area (Å²) in [5.74, 6) is -0.868. The molecule has 0 bridgehead atoms. The molecule has 4 rings (SSSR count). The number of aromatic carboxylic acids is 1. The van der Waals surface area contributed by atoms with Crippen molar-refractivity contribution in [1.82, 2.24) is 0 Å². The van der Waals surface area contributed by atoms with E-state index in [1.165, 1.54) is 34.0 Å². The van der Waals surface area contributed by atoms with Crippen molar-refractivity contribution >= 4 is 57.3 Å². The Labute approximate surface area is 164 Å². The molecule has 0 saturated heterocycles. The van der Waals surface area contributed by atoms with Gasteiger partial charge in [-0.2, -0.15) is 11.3 Å². The molecule has 0 amide bonds. The van der Waals surface area contributed by atoms with Crippen molar-refractivity contribution < 1.29 is 19.4 Å². The van der Waals surface area contributed by atoms with E-state index < -0.39 is 11.9 Å². The third-order valence-electron chi connectivity index (χ3n) is 3.46. The number of thiophene rings is 4. The fourth-order valence-corrected chi connectivity index (χ4v) is 5.61. The minimum Gasteiger partial charge on any atom is -0.477 e. The number of carbonyl (C=O) groups is 2. The van der Waals surface area contributed by atoms with Crippen LogP contribution >= 0.6 is 45.3 Å². The van der Waals surface area contributed by atoms with Crippen LogP contribution in [0.5, 0.6) is 5.75 Å². The molecule has 0 aliphatic carbocycles. The first-order valence-electron chi connectivity index (χ1n) is 7.37. The summed E-state index contributed by atoms with van der Waals surface area (Å²) in [6.45, 7) is 0. The van der Waals surface area contributed by atoms with Gasteiger partial charge in [-0.3, -0.25) is 0 Å². The van der Waals surface area contributed by atoms with Gasteiger partial charge in [0.25, 0.3) is 0 Å². The van der Waals surface area contributed by atoms with Crippen LogP contribution in [0.3, 0.4) is 0 Å². The summed E-state index contributed by atoms with van der Waals surface area (Å²) in [6.07, 6.45) is 0. The maximum atomic E-state index is 12.4. The summed E-state index contributed by atoms with van der Waals surface area (Å²) >= 11 is 5.63. The number of esters is 1. The van der Waals surface area contributed by atoms with E-state index in [4.69, 9.17) is 9.84 Å². The average molecular weight is 419 g/mol. The lowest BCUT2D eigenvalue weighted by atomic mass is 10.3. The molecule has 4 nitrogen and oxygen atoms in total. The summed E-state index contributed by atoms with van der Waals surface area (Å²) in [4.78, 5) is 26.9. The molecule has 0 saturated carbocycles. The fraction of sp³-hybridized carbons (Fsp3) is 0. The zero-order chi connectivity index (χ0) is 18.1. The van der Waals surface area contributed by atoms with E-state index in [9.17, 15) is 9.59 Å². The van der Waals surface area contributed by atoms with Crippen LogP contribution in [-0.2, 0) is 0 Å². The molecule has 1 N–H and O–H groups in total. The van der Waals surface area contributed by atoms with Crippen LogP contribution in [0.1, 0.15) is 19.3 Å². The van der Waals surface area contributed by atoms with Gasteiger partial charge in [-0.1, -0.05) is 0 Å². The average Bonchev–Trinajstić information content (AvgIpc) is 3.39. The highest BCUT2D eigenvalue weighted by Crippen LogP contribution is 2.36. The monoisotopic (exact) mass is 418 g/mol. The third-order valence-corrected chi connectivity index (χ3v) is 7.43. The van der Waals surface area contributed by atoms with E-state index >= 15 is 0 Å². The predicted molar refractivity (Wildman–Crippen MR) is 107 cm³/mol. The first-order chi connectivity index (χ1) is 12.6. The molecular formula is C18H10O4S4. The lowest BCUT2D eigenvalue weighted by Crippen LogP contribution is -2.05. The first-order valence-corrected chi connectivity index (χ1v) is 10.8. The van der Waals surface area contributed by atoms with Gasteiger partial charge in [-0.15, -0.1) is 34.0 Å². The number of carboxylic acids is 1. The van der Waals surface area contributed by atoms with Crippen molar-refractivity contribution in [3.8, 4) is 25.9 Å². The van der Waals surface area contributed by atoms with Crippen molar-refractivity contribution in [2.75, 3.05) is 0 Å². The summed E-state index contributed by atoms with van der Waals surface area (Å²) in [6, 6.07) is 10.8. The van der Waals surface area contributed by atoms with Crippen molar-refractivity contribution in [1.29, 1.82) is 0 Å². The van der Waals surface area contributed by atoms with Crippen LogP contribution in [0.4, 0.5) is 0 Å². The Balaban J connectivity index is 1.48. The number of ether oxygens (including phenoxy) is 1. The molecule has 0 fully saturated rings. The highest BCUT2D eigenvalue weighted by molar-refractivity contribution is 7.22. The minimum absolute atomic E-state index is 0.284. The Bertz CT molecular complexity index is 1070. The second-order valence-electron chi connectivity index (χ2n) is 5.18. The number of rotatable bonds is 5. The van der Waals surface area contributed by atoms with E-state index in [1.807, 2.05) is 22.9 Å². The van der Waals surface area contributed by atoms with Crippen molar-refractivity contribution in [3.63, 3.8) is 0 Å². The van der Waals surface area contributed by atoms with Crippen LogP contribution < -0.4 is 4.74 Å². The van der Waals surface area contributed by atoms with Gasteiger partial charge in [0, 0.05) is 31.6 Å². The normalized spacial score (nSPS) is 10.8. The SMILES string of the molecule is O=C(O)c1ccc(-c2cc(OC(=O)c3ccc(-c4ccsc4)s3)cs2)s1.